The molecule has 1 aliphatic carbocycles. The van der Waals surface area contributed by atoms with Crippen LogP contribution in [0.3, 0.4) is 0 Å². The molecular formula is C11H24O4. The summed E-state index contributed by atoms with van der Waals surface area (Å²) in [5, 5.41) is 33.8. The molecule has 15 heavy (non-hydrogen) atoms. The van der Waals surface area contributed by atoms with Crippen LogP contribution in [0.15, 0.2) is 0 Å². The summed E-state index contributed by atoms with van der Waals surface area (Å²) in [4.78, 5) is 0. The summed E-state index contributed by atoms with van der Waals surface area (Å²) in [6, 6.07) is 0. The second kappa shape index (κ2) is 9.09. The quantitative estimate of drug-likeness (QED) is 0.522. The van der Waals surface area contributed by atoms with Crippen molar-refractivity contribution in [3.63, 3.8) is 0 Å². The predicted molar refractivity (Wildman–Crippen MR) is 58.1 cm³/mol. The van der Waals surface area contributed by atoms with E-state index in [1.54, 1.807) is 6.92 Å². The first-order chi connectivity index (χ1) is 7.11. The highest BCUT2D eigenvalue weighted by atomic mass is 16.5. The molecule has 0 spiro atoms. The second-order valence-electron chi connectivity index (χ2n) is 4.28. The standard InChI is InChI=1S/C7H14O2.C4H10O2/c8-7(9)6-4-2-1-3-5-6;1-4(2-5)3-6/h6-9H,1-5H2;4-6H,2-3H2,1H3. The van der Waals surface area contributed by atoms with Gasteiger partial charge < -0.3 is 20.4 Å². The van der Waals surface area contributed by atoms with E-state index in [1.165, 1.54) is 19.3 Å². The fourth-order valence-corrected chi connectivity index (χ4v) is 1.49. The van der Waals surface area contributed by atoms with Gasteiger partial charge in [0.15, 0.2) is 6.29 Å². The third-order valence-electron chi connectivity index (χ3n) is 2.69. The average molecular weight is 220 g/mol. The van der Waals surface area contributed by atoms with Crippen LogP contribution in [0.25, 0.3) is 0 Å². The molecule has 0 aromatic heterocycles. The van der Waals surface area contributed by atoms with Gasteiger partial charge >= 0.3 is 0 Å². The third-order valence-corrected chi connectivity index (χ3v) is 2.69. The van der Waals surface area contributed by atoms with E-state index in [9.17, 15) is 0 Å². The smallest absolute Gasteiger partial charge is 0.154 e. The van der Waals surface area contributed by atoms with Crippen molar-refractivity contribution in [1.29, 1.82) is 0 Å². The van der Waals surface area contributed by atoms with Crippen molar-refractivity contribution in [3.8, 4) is 0 Å². The zero-order chi connectivity index (χ0) is 11.7. The number of hydrogen-bond donors (Lipinski definition) is 4. The van der Waals surface area contributed by atoms with E-state index >= 15 is 0 Å². The maximum atomic E-state index is 8.73. The summed E-state index contributed by atoms with van der Waals surface area (Å²) < 4.78 is 0. The maximum Gasteiger partial charge on any atom is 0.154 e. The molecule has 0 saturated heterocycles. The summed E-state index contributed by atoms with van der Waals surface area (Å²) in [5.74, 6) is 0.212. The molecule has 1 saturated carbocycles. The first-order valence-corrected chi connectivity index (χ1v) is 5.69. The summed E-state index contributed by atoms with van der Waals surface area (Å²) in [7, 11) is 0. The van der Waals surface area contributed by atoms with Crippen LogP contribution in [-0.4, -0.2) is 39.9 Å². The molecule has 0 unspecified atom stereocenters. The van der Waals surface area contributed by atoms with E-state index < -0.39 is 6.29 Å². The van der Waals surface area contributed by atoms with Crippen molar-refractivity contribution in [2.45, 2.75) is 45.3 Å². The predicted octanol–water partition coefficient (Wildman–Crippen LogP) is 0.484. The topological polar surface area (TPSA) is 80.9 Å². The Morgan fingerprint density at radius 2 is 1.47 bits per heavy atom. The van der Waals surface area contributed by atoms with Crippen LogP contribution in [0.5, 0.6) is 0 Å². The number of hydrogen-bond acceptors (Lipinski definition) is 4. The van der Waals surface area contributed by atoms with Crippen molar-refractivity contribution in [2.75, 3.05) is 13.2 Å². The molecule has 0 aliphatic heterocycles. The number of aliphatic hydroxyl groups excluding tert-OH is 3. The molecule has 4 heteroatoms. The van der Waals surface area contributed by atoms with Crippen LogP contribution in [0, 0.1) is 11.8 Å². The SMILES string of the molecule is CC(CO)CO.OC(O)C1CCCCC1. The van der Waals surface area contributed by atoms with Crippen LogP contribution in [-0.2, 0) is 0 Å². The van der Waals surface area contributed by atoms with E-state index in [0.29, 0.717) is 0 Å². The Labute approximate surface area is 91.6 Å². The van der Waals surface area contributed by atoms with E-state index in [4.69, 9.17) is 20.4 Å². The van der Waals surface area contributed by atoms with Gasteiger partial charge in [-0.1, -0.05) is 26.2 Å². The van der Waals surface area contributed by atoms with Crippen molar-refractivity contribution in [1.82, 2.24) is 0 Å². The molecule has 92 valence electrons. The molecule has 0 radical (unpaired) electrons. The summed E-state index contributed by atoms with van der Waals surface area (Å²) in [5.41, 5.74) is 0. The van der Waals surface area contributed by atoms with E-state index in [0.717, 1.165) is 12.8 Å². The van der Waals surface area contributed by atoms with Crippen LogP contribution in [0.1, 0.15) is 39.0 Å². The number of aliphatic hydroxyl groups is 4. The molecular weight excluding hydrogens is 196 g/mol. The van der Waals surface area contributed by atoms with Gasteiger partial charge in [-0.2, -0.15) is 0 Å². The first kappa shape index (κ1) is 14.8. The summed E-state index contributed by atoms with van der Waals surface area (Å²) in [6.45, 7) is 1.94. The molecule has 0 bridgehead atoms. The van der Waals surface area contributed by atoms with E-state index in [2.05, 4.69) is 0 Å². The monoisotopic (exact) mass is 220 g/mol. The van der Waals surface area contributed by atoms with Gasteiger partial charge in [0, 0.05) is 25.0 Å². The van der Waals surface area contributed by atoms with Crippen LogP contribution < -0.4 is 0 Å². The Bertz CT molecular complexity index is 129. The Balaban J connectivity index is 0.000000288. The molecule has 4 N–H and O–H groups in total. The third kappa shape index (κ3) is 7.73. The summed E-state index contributed by atoms with van der Waals surface area (Å²) >= 11 is 0. The lowest BCUT2D eigenvalue weighted by Crippen LogP contribution is -2.21. The largest absolute Gasteiger partial charge is 0.396 e. The molecule has 0 heterocycles. The zero-order valence-electron chi connectivity index (χ0n) is 9.47. The van der Waals surface area contributed by atoms with Gasteiger partial charge in [-0.05, 0) is 12.8 Å². The normalized spacial score (nSPS) is 17.8. The first-order valence-electron chi connectivity index (χ1n) is 5.69. The van der Waals surface area contributed by atoms with Gasteiger partial charge in [0.05, 0.1) is 0 Å². The van der Waals surface area contributed by atoms with Gasteiger partial charge in [0.2, 0.25) is 0 Å². The highest BCUT2D eigenvalue weighted by Crippen LogP contribution is 2.25. The van der Waals surface area contributed by atoms with Crippen molar-refractivity contribution in [3.05, 3.63) is 0 Å². The zero-order valence-corrected chi connectivity index (χ0v) is 9.47. The Hall–Kier alpha value is -0.160. The van der Waals surface area contributed by atoms with Gasteiger partial charge in [0.25, 0.3) is 0 Å². The second-order valence-corrected chi connectivity index (χ2v) is 4.28. The minimum absolute atomic E-state index is 0.0463. The van der Waals surface area contributed by atoms with Gasteiger partial charge in [-0.15, -0.1) is 0 Å². The minimum Gasteiger partial charge on any atom is -0.396 e. The fraction of sp³-hybridized carbons (Fsp3) is 1.00. The van der Waals surface area contributed by atoms with Crippen LogP contribution >= 0.6 is 0 Å². The van der Waals surface area contributed by atoms with Crippen LogP contribution in [0.2, 0.25) is 0 Å². The Morgan fingerprint density at radius 3 is 1.67 bits per heavy atom. The maximum absolute atomic E-state index is 8.73. The molecule has 1 aliphatic rings. The molecule has 1 fully saturated rings. The number of rotatable bonds is 3. The fourth-order valence-electron chi connectivity index (χ4n) is 1.49. The van der Waals surface area contributed by atoms with Gasteiger partial charge in [-0.25, -0.2) is 0 Å². The lowest BCUT2D eigenvalue weighted by molar-refractivity contribution is -0.0926. The van der Waals surface area contributed by atoms with Crippen LogP contribution in [0.4, 0.5) is 0 Å². The average Bonchev–Trinajstić information content (AvgIpc) is 2.30. The van der Waals surface area contributed by atoms with E-state index in [1.807, 2.05) is 0 Å². The molecule has 0 amide bonds. The molecule has 0 aromatic rings. The minimum atomic E-state index is -1.06. The van der Waals surface area contributed by atoms with E-state index in [-0.39, 0.29) is 25.0 Å². The highest BCUT2D eigenvalue weighted by molar-refractivity contribution is 4.66. The highest BCUT2D eigenvalue weighted by Gasteiger charge is 2.18. The molecule has 1 rings (SSSR count). The molecule has 0 aromatic carbocycles. The lowest BCUT2D eigenvalue weighted by atomic mass is 9.89. The van der Waals surface area contributed by atoms with Gasteiger partial charge in [0.1, 0.15) is 0 Å². The van der Waals surface area contributed by atoms with Crippen molar-refractivity contribution < 1.29 is 20.4 Å². The van der Waals surface area contributed by atoms with Crippen molar-refractivity contribution in [2.24, 2.45) is 11.8 Å². The van der Waals surface area contributed by atoms with Gasteiger partial charge in [-0.3, -0.25) is 0 Å². The lowest BCUT2D eigenvalue weighted by Gasteiger charge is -2.22. The van der Waals surface area contributed by atoms with Crippen molar-refractivity contribution >= 4 is 0 Å². The Kier molecular flexibility index (Phi) is 9.00. The summed E-state index contributed by atoms with van der Waals surface area (Å²) in [6.07, 6.45) is 4.54. The molecule has 4 nitrogen and oxygen atoms in total. The molecule has 0 atom stereocenters. The Morgan fingerprint density at radius 1 is 1.00 bits per heavy atom.